The number of aromatic nitrogens is 1. The predicted molar refractivity (Wildman–Crippen MR) is 78.4 cm³/mol. The molecule has 1 aromatic heterocycles. The van der Waals surface area contributed by atoms with E-state index in [9.17, 15) is 8.42 Å². The van der Waals surface area contributed by atoms with Crippen LogP contribution >= 0.6 is 11.3 Å². The highest BCUT2D eigenvalue weighted by molar-refractivity contribution is 7.91. The molecule has 0 unspecified atom stereocenters. The zero-order valence-corrected chi connectivity index (χ0v) is 13.3. The Bertz CT molecular complexity index is 550. The Morgan fingerprint density at radius 1 is 1.50 bits per heavy atom. The van der Waals surface area contributed by atoms with Gasteiger partial charge >= 0.3 is 0 Å². The van der Waals surface area contributed by atoms with E-state index in [1.54, 1.807) is 0 Å². The van der Waals surface area contributed by atoms with Gasteiger partial charge in [0.2, 0.25) is 10.0 Å². The van der Waals surface area contributed by atoms with Crippen LogP contribution in [0.25, 0.3) is 0 Å². The van der Waals surface area contributed by atoms with Crippen LogP contribution in [0, 0.1) is 0 Å². The first-order valence-corrected chi connectivity index (χ1v) is 8.67. The smallest absolute Gasteiger partial charge is 0.249 e. The number of primary sulfonamides is 1. The van der Waals surface area contributed by atoms with Crippen molar-refractivity contribution < 1.29 is 13.2 Å². The molecule has 0 saturated carbocycles. The average Bonchev–Trinajstić information content (AvgIpc) is 2.86. The summed E-state index contributed by atoms with van der Waals surface area (Å²) in [5, 5.41) is 8.86. The number of nitrogens with two attached hydrogens (primary N) is 1. The Morgan fingerprint density at radius 3 is 2.65 bits per heavy atom. The molecule has 114 valence electrons. The molecule has 20 heavy (non-hydrogen) atoms. The maximum absolute atomic E-state index is 11.2. The monoisotopic (exact) mass is 320 g/mol. The third-order valence-corrected chi connectivity index (χ3v) is 6.07. The van der Waals surface area contributed by atoms with Gasteiger partial charge in [0.1, 0.15) is 0 Å². The van der Waals surface area contributed by atoms with E-state index in [0.717, 1.165) is 37.4 Å². The lowest BCUT2D eigenvalue weighted by molar-refractivity contribution is -0.000629. The number of rotatable bonds is 5. The third kappa shape index (κ3) is 3.47. The van der Waals surface area contributed by atoms with Crippen molar-refractivity contribution in [3.8, 4) is 0 Å². The van der Waals surface area contributed by atoms with Crippen molar-refractivity contribution in [1.82, 2.24) is 9.88 Å². The number of thiazole rings is 1. The first-order valence-electron chi connectivity index (χ1n) is 6.31. The molecule has 0 radical (unpaired) electrons. The number of ether oxygens (including phenoxy) is 1. The van der Waals surface area contributed by atoms with Crippen LogP contribution in [0.4, 0.5) is 5.13 Å². The molecule has 1 saturated heterocycles. The molecule has 7 nitrogen and oxygen atoms in total. The van der Waals surface area contributed by atoms with Crippen molar-refractivity contribution in [3.05, 3.63) is 6.20 Å². The van der Waals surface area contributed by atoms with Crippen molar-refractivity contribution in [1.29, 1.82) is 0 Å². The molecule has 0 aromatic carbocycles. The molecule has 0 atom stereocenters. The summed E-state index contributed by atoms with van der Waals surface area (Å²) in [6, 6.07) is 0. The van der Waals surface area contributed by atoms with E-state index < -0.39 is 10.0 Å². The maximum atomic E-state index is 11.2. The van der Waals surface area contributed by atoms with Gasteiger partial charge in [-0.15, -0.1) is 0 Å². The topological polar surface area (TPSA) is 97.5 Å². The molecular formula is C11H20N4O3S2. The summed E-state index contributed by atoms with van der Waals surface area (Å²) in [6.45, 7) is 2.17. The summed E-state index contributed by atoms with van der Waals surface area (Å²) in [5.41, 5.74) is 0.00563. The molecule has 1 aliphatic rings. The Hall–Kier alpha value is -0.740. The van der Waals surface area contributed by atoms with Crippen molar-refractivity contribution >= 4 is 26.5 Å². The molecular weight excluding hydrogens is 300 g/mol. The molecule has 1 fully saturated rings. The lowest BCUT2D eigenvalue weighted by atomic mass is 9.89. The second kappa shape index (κ2) is 5.94. The van der Waals surface area contributed by atoms with Gasteiger partial charge in [-0.05, 0) is 26.9 Å². The minimum absolute atomic E-state index is 0.00563. The molecule has 0 amide bonds. The Balaban J connectivity index is 2.04. The quantitative estimate of drug-likeness (QED) is 0.810. The van der Waals surface area contributed by atoms with Crippen molar-refractivity contribution in [2.24, 2.45) is 5.14 Å². The Kier molecular flexibility index (Phi) is 4.65. The number of sulfonamides is 1. The normalized spacial score (nSPS) is 19.2. The average molecular weight is 320 g/mol. The van der Waals surface area contributed by atoms with Gasteiger partial charge in [-0.1, -0.05) is 11.3 Å². The largest absolute Gasteiger partial charge is 0.381 e. The van der Waals surface area contributed by atoms with E-state index in [0.29, 0.717) is 11.7 Å². The standard InChI is InChI=1S/C11H20N4O3S2/c1-15(2)11(3-5-18-6-4-11)8-14-10-13-7-9(19-10)20(12,16)17/h7H,3-6,8H2,1-2H3,(H,13,14)(H2,12,16,17). The molecule has 1 aromatic rings. The zero-order valence-electron chi connectivity index (χ0n) is 11.6. The van der Waals surface area contributed by atoms with Crippen LogP contribution in [0.3, 0.4) is 0 Å². The second-order valence-electron chi connectivity index (χ2n) is 5.11. The van der Waals surface area contributed by atoms with Crippen LogP contribution in [0.2, 0.25) is 0 Å². The number of likely N-dealkylation sites (N-methyl/N-ethyl adjacent to an activating group) is 1. The molecule has 9 heteroatoms. The lowest BCUT2D eigenvalue weighted by Gasteiger charge is -2.42. The number of nitrogens with zero attached hydrogens (tertiary/aromatic N) is 2. The van der Waals surface area contributed by atoms with Crippen molar-refractivity contribution in [3.63, 3.8) is 0 Å². The fourth-order valence-corrected chi connectivity index (χ4v) is 3.69. The van der Waals surface area contributed by atoms with Gasteiger partial charge in [0.25, 0.3) is 0 Å². The number of anilines is 1. The van der Waals surface area contributed by atoms with E-state index in [1.807, 2.05) is 14.1 Å². The highest BCUT2D eigenvalue weighted by atomic mass is 32.2. The molecule has 2 heterocycles. The summed E-state index contributed by atoms with van der Waals surface area (Å²) in [6.07, 6.45) is 3.15. The summed E-state index contributed by atoms with van der Waals surface area (Å²) >= 11 is 1.05. The van der Waals surface area contributed by atoms with E-state index in [-0.39, 0.29) is 9.75 Å². The van der Waals surface area contributed by atoms with Crippen LogP contribution in [0.1, 0.15) is 12.8 Å². The zero-order chi connectivity index (χ0) is 14.8. The van der Waals surface area contributed by atoms with Gasteiger partial charge in [0.15, 0.2) is 9.34 Å². The molecule has 3 N–H and O–H groups in total. The van der Waals surface area contributed by atoms with Crippen LogP contribution in [0.5, 0.6) is 0 Å². The first kappa shape index (κ1) is 15.6. The number of hydrogen-bond acceptors (Lipinski definition) is 7. The van der Waals surface area contributed by atoms with Crippen LogP contribution in [-0.2, 0) is 14.8 Å². The summed E-state index contributed by atoms with van der Waals surface area (Å²) in [7, 11) is 0.421. The SMILES string of the molecule is CN(C)C1(CNc2ncc(S(N)(=O)=O)s2)CCOCC1. The summed E-state index contributed by atoms with van der Waals surface area (Å²) < 4.78 is 27.9. The molecule has 0 aliphatic carbocycles. The maximum Gasteiger partial charge on any atom is 0.249 e. The van der Waals surface area contributed by atoms with E-state index >= 15 is 0 Å². The van der Waals surface area contributed by atoms with E-state index in [1.165, 1.54) is 6.20 Å². The molecule has 1 aliphatic heterocycles. The van der Waals surface area contributed by atoms with E-state index in [4.69, 9.17) is 9.88 Å². The van der Waals surface area contributed by atoms with Gasteiger partial charge in [0.05, 0.1) is 6.20 Å². The summed E-state index contributed by atoms with van der Waals surface area (Å²) in [4.78, 5) is 6.25. The van der Waals surface area contributed by atoms with E-state index in [2.05, 4.69) is 15.2 Å². The summed E-state index contributed by atoms with van der Waals surface area (Å²) in [5.74, 6) is 0. The fraction of sp³-hybridized carbons (Fsp3) is 0.727. The lowest BCUT2D eigenvalue weighted by Crippen LogP contribution is -2.53. The minimum atomic E-state index is -3.67. The van der Waals surface area contributed by atoms with Crippen molar-refractivity contribution in [2.75, 3.05) is 39.2 Å². The molecule has 0 spiro atoms. The number of hydrogen-bond donors (Lipinski definition) is 2. The third-order valence-electron chi connectivity index (χ3n) is 3.71. The highest BCUT2D eigenvalue weighted by Gasteiger charge is 2.34. The predicted octanol–water partition coefficient (Wildman–Crippen LogP) is 0.313. The van der Waals surface area contributed by atoms with Crippen LogP contribution < -0.4 is 10.5 Å². The van der Waals surface area contributed by atoms with Gasteiger partial charge in [-0.3, -0.25) is 0 Å². The second-order valence-corrected chi connectivity index (χ2v) is 7.93. The Morgan fingerprint density at radius 2 is 2.15 bits per heavy atom. The Labute approximate surface area is 123 Å². The van der Waals surface area contributed by atoms with Gasteiger partial charge in [-0.25, -0.2) is 18.5 Å². The van der Waals surface area contributed by atoms with Crippen LogP contribution in [-0.4, -0.2) is 57.7 Å². The first-order chi connectivity index (χ1) is 9.33. The molecule has 2 rings (SSSR count). The highest BCUT2D eigenvalue weighted by Crippen LogP contribution is 2.28. The molecule has 0 bridgehead atoms. The van der Waals surface area contributed by atoms with Crippen LogP contribution in [0.15, 0.2) is 10.4 Å². The fourth-order valence-electron chi connectivity index (χ4n) is 2.25. The van der Waals surface area contributed by atoms with Gasteiger partial charge < -0.3 is 15.0 Å². The van der Waals surface area contributed by atoms with Gasteiger partial charge in [-0.2, -0.15) is 0 Å². The minimum Gasteiger partial charge on any atom is -0.381 e. The van der Waals surface area contributed by atoms with Gasteiger partial charge in [0, 0.05) is 25.3 Å². The van der Waals surface area contributed by atoms with Crippen molar-refractivity contribution in [2.45, 2.75) is 22.6 Å². The number of nitrogens with one attached hydrogen (secondary N) is 1.